The highest BCUT2D eigenvalue weighted by Crippen LogP contribution is 2.13. The van der Waals surface area contributed by atoms with Gasteiger partial charge in [-0.05, 0) is 12.0 Å². The predicted molar refractivity (Wildman–Crippen MR) is 108 cm³/mol. The summed E-state index contributed by atoms with van der Waals surface area (Å²) < 4.78 is 26.7. The molecule has 1 N–H and O–H groups in total. The highest BCUT2D eigenvalue weighted by molar-refractivity contribution is 7.88. The molecular formula is C19H30N4O4S. The minimum atomic E-state index is -3.37. The van der Waals surface area contributed by atoms with Gasteiger partial charge in [0.1, 0.15) is 0 Å². The number of carbonyl (C=O) groups is 2. The Morgan fingerprint density at radius 3 is 2.36 bits per heavy atom. The lowest BCUT2D eigenvalue weighted by molar-refractivity contribution is -0.135. The molecule has 0 saturated carbocycles. The van der Waals surface area contributed by atoms with Crippen molar-refractivity contribution in [2.24, 2.45) is 0 Å². The van der Waals surface area contributed by atoms with Crippen LogP contribution < -0.4 is 5.32 Å². The summed E-state index contributed by atoms with van der Waals surface area (Å²) in [6.45, 7) is 4.50. The lowest BCUT2D eigenvalue weighted by Crippen LogP contribution is -2.52. The average Bonchev–Trinajstić information content (AvgIpc) is 2.67. The number of likely N-dealkylation sites (N-methyl/N-ethyl adjacent to an activating group) is 1. The molecule has 0 atom stereocenters. The molecule has 1 saturated heterocycles. The summed E-state index contributed by atoms with van der Waals surface area (Å²) in [7, 11) is -1.77. The van der Waals surface area contributed by atoms with Crippen molar-refractivity contribution < 1.29 is 18.0 Å². The van der Waals surface area contributed by atoms with Gasteiger partial charge in [0.2, 0.25) is 21.8 Å². The van der Waals surface area contributed by atoms with Gasteiger partial charge in [0, 0.05) is 39.8 Å². The Labute approximate surface area is 167 Å². The molecule has 0 aliphatic carbocycles. The highest BCUT2D eigenvalue weighted by atomic mass is 32.2. The van der Waals surface area contributed by atoms with E-state index in [1.54, 1.807) is 19.2 Å². The molecule has 28 heavy (non-hydrogen) atoms. The standard InChI is InChI=1S/C19H30N4O4S/c1-3-9-20-18(24)14-21(2)19(25)15-22-10-12-23(13-11-22)28(26,27)16-17-7-5-4-6-8-17/h4-8H,3,9-16H2,1-2H3,(H,20,24). The van der Waals surface area contributed by atoms with Crippen LogP contribution in [0.1, 0.15) is 18.9 Å². The van der Waals surface area contributed by atoms with Crippen LogP contribution in [0.5, 0.6) is 0 Å². The SMILES string of the molecule is CCCNC(=O)CN(C)C(=O)CN1CCN(S(=O)(=O)Cc2ccccc2)CC1. The van der Waals surface area contributed by atoms with Crippen LogP contribution in [0.2, 0.25) is 0 Å². The molecule has 2 amide bonds. The summed E-state index contributed by atoms with van der Waals surface area (Å²) in [4.78, 5) is 27.4. The molecule has 2 rings (SSSR count). The molecule has 0 radical (unpaired) electrons. The number of amides is 2. The lowest BCUT2D eigenvalue weighted by Gasteiger charge is -2.34. The van der Waals surface area contributed by atoms with Crippen molar-refractivity contribution in [1.82, 2.24) is 19.4 Å². The second-order valence-electron chi connectivity index (χ2n) is 7.02. The van der Waals surface area contributed by atoms with Crippen molar-refractivity contribution in [3.8, 4) is 0 Å². The van der Waals surface area contributed by atoms with Crippen LogP contribution in [0.4, 0.5) is 0 Å². The topological polar surface area (TPSA) is 90.0 Å². The fourth-order valence-electron chi connectivity index (χ4n) is 2.98. The quantitative estimate of drug-likeness (QED) is 0.625. The van der Waals surface area contributed by atoms with Gasteiger partial charge in [0.25, 0.3) is 0 Å². The molecule has 1 aromatic rings. The number of sulfonamides is 1. The van der Waals surface area contributed by atoms with Crippen molar-refractivity contribution in [2.75, 3.05) is 52.9 Å². The summed E-state index contributed by atoms with van der Waals surface area (Å²) >= 11 is 0. The summed E-state index contributed by atoms with van der Waals surface area (Å²) in [6.07, 6.45) is 0.848. The first kappa shape index (κ1) is 22.3. The number of carbonyl (C=O) groups excluding carboxylic acids is 2. The Morgan fingerprint density at radius 1 is 1.11 bits per heavy atom. The van der Waals surface area contributed by atoms with E-state index in [2.05, 4.69) is 5.32 Å². The smallest absolute Gasteiger partial charge is 0.239 e. The number of benzene rings is 1. The second-order valence-corrected chi connectivity index (χ2v) is 8.99. The van der Waals surface area contributed by atoms with Gasteiger partial charge in [-0.25, -0.2) is 8.42 Å². The molecule has 0 unspecified atom stereocenters. The molecular weight excluding hydrogens is 380 g/mol. The molecule has 1 aromatic carbocycles. The Morgan fingerprint density at radius 2 is 1.75 bits per heavy atom. The summed E-state index contributed by atoms with van der Waals surface area (Å²) in [5, 5.41) is 2.74. The summed E-state index contributed by atoms with van der Waals surface area (Å²) in [5.74, 6) is -0.329. The van der Waals surface area contributed by atoms with Gasteiger partial charge in [-0.1, -0.05) is 37.3 Å². The lowest BCUT2D eigenvalue weighted by atomic mass is 10.2. The van der Waals surface area contributed by atoms with E-state index in [9.17, 15) is 18.0 Å². The first-order valence-electron chi connectivity index (χ1n) is 9.56. The zero-order valence-corrected chi connectivity index (χ0v) is 17.5. The fourth-order valence-corrected chi connectivity index (χ4v) is 4.49. The number of hydrogen-bond acceptors (Lipinski definition) is 5. The van der Waals surface area contributed by atoms with Gasteiger partial charge in [-0.2, -0.15) is 4.31 Å². The number of nitrogens with one attached hydrogen (secondary N) is 1. The van der Waals surface area contributed by atoms with Crippen LogP contribution >= 0.6 is 0 Å². The Hall–Kier alpha value is -1.97. The van der Waals surface area contributed by atoms with Gasteiger partial charge >= 0.3 is 0 Å². The molecule has 8 nitrogen and oxygen atoms in total. The molecule has 156 valence electrons. The number of hydrogen-bond donors (Lipinski definition) is 1. The number of piperazine rings is 1. The molecule has 0 bridgehead atoms. The van der Waals surface area contributed by atoms with Crippen LogP contribution in [-0.4, -0.2) is 87.2 Å². The van der Waals surface area contributed by atoms with Crippen LogP contribution in [0.25, 0.3) is 0 Å². The molecule has 1 aliphatic rings. The van der Waals surface area contributed by atoms with E-state index in [1.807, 2.05) is 30.0 Å². The average molecular weight is 411 g/mol. The first-order valence-corrected chi connectivity index (χ1v) is 11.2. The second kappa shape index (κ2) is 10.5. The fraction of sp³-hybridized carbons (Fsp3) is 0.579. The summed E-state index contributed by atoms with van der Waals surface area (Å²) in [6, 6.07) is 9.12. The van der Waals surface area contributed by atoms with E-state index in [0.29, 0.717) is 32.7 Å². The third kappa shape index (κ3) is 6.88. The van der Waals surface area contributed by atoms with Crippen LogP contribution in [0, 0.1) is 0 Å². The monoisotopic (exact) mass is 410 g/mol. The van der Waals surface area contributed by atoms with Gasteiger partial charge < -0.3 is 10.2 Å². The Kier molecular flexibility index (Phi) is 8.40. The number of nitrogens with zero attached hydrogens (tertiary/aromatic N) is 3. The normalized spacial score (nSPS) is 15.9. The van der Waals surface area contributed by atoms with Crippen LogP contribution in [-0.2, 0) is 25.4 Å². The van der Waals surface area contributed by atoms with Crippen LogP contribution in [0.15, 0.2) is 30.3 Å². The van der Waals surface area contributed by atoms with E-state index >= 15 is 0 Å². The van der Waals surface area contributed by atoms with E-state index in [4.69, 9.17) is 0 Å². The molecule has 9 heteroatoms. The van der Waals surface area contributed by atoms with Crippen molar-refractivity contribution in [2.45, 2.75) is 19.1 Å². The van der Waals surface area contributed by atoms with E-state index in [-0.39, 0.29) is 30.7 Å². The van der Waals surface area contributed by atoms with Crippen molar-refractivity contribution >= 4 is 21.8 Å². The molecule has 1 fully saturated rings. The third-order valence-electron chi connectivity index (χ3n) is 4.65. The maximum atomic E-state index is 12.6. The predicted octanol–water partition coefficient (Wildman–Crippen LogP) is 0.119. The maximum Gasteiger partial charge on any atom is 0.239 e. The highest BCUT2D eigenvalue weighted by Gasteiger charge is 2.28. The first-order chi connectivity index (χ1) is 13.3. The van der Waals surface area contributed by atoms with Crippen molar-refractivity contribution in [3.05, 3.63) is 35.9 Å². The van der Waals surface area contributed by atoms with Gasteiger partial charge in [-0.3, -0.25) is 14.5 Å². The van der Waals surface area contributed by atoms with Crippen LogP contribution in [0.3, 0.4) is 0 Å². The van der Waals surface area contributed by atoms with Gasteiger partial charge in [0.05, 0.1) is 18.8 Å². The van der Waals surface area contributed by atoms with E-state index in [1.165, 1.54) is 9.21 Å². The minimum Gasteiger partial charge on any atom is -0.355 e. The zero-order valence-electron chi connectivity index (χ0n) is 16.6. The molecule has 0 spiro atoms. The summed E-state index contributed by atoms with van der Waals surface area (Å²) in [5.41, 5.74) is 0.767. The minimum absolute atomic E-state index is 0.0115. The zero-order chi connectivity index (χ0) is 20.6. The van der Waals surface area contributed by atoms with Gasteiger partial charge in [0.15, 0.2) is 0 Å². The van der Waals surface area contributed by atoms with E-state index in [0.717, 1.165) is 12.0 Å². The number of rotatable bonds is 9. The molecule has 1 aliphatic heterocycles. The molecule has 0 aromatic heterocycles. The van der Waals surface area contributed by atoms with Crippen molar-refractivity contribution in [3.63, 3.8) is 0 Å². The maximum absolute atomic E-state index is 12.6. The molecule has 1 heterocycles. The third-order valence-corrected chi connectivity index (χ3v) is 6.50. The Bertz CT molecular complexity index is 746. The van der Waals surface area contributed by atoms with Gasteiger partial charge in [-0.15, -0.1) is 0 Å². The Balaban J connectivity index is 1.78. The van der Waals surface area contributed by atoms with E-state index < -0.39 is 10.0 Å². The largest absolute Gasteiger partial charge is 0.355 e. The van der Waals surface area contributed by atoms with Crippen molar-refractivity contribution in [1.29, 1.82) is 0 Å².